The first-order valence-electron chi connectivity index (χ1n) is 7.96. The van der Waals surface area contributed by atoms with Crippen molar-refractivity contribution in [2.75, 3.05) is 12.3 Å². The van der Waals surface area contributed by atoms with Gasteiger partial charge in [0.2, 0.25) is 5.91 Å². The van der Waals surface area contributed by atoms with Crippen molar-refractivity contribution in [2.24, 2.45) is 0 Å². The van der Waals surface area contributed by atoms with Crippen molar-refractivity contribution in [1.29, 1.82) is 0 Å². The maximum atomic E-state index is 12.7. The van der Waals surface area contributed by atoms with Crippen LogP contribution in [0.3, 0.4) is 0 Å². The van der Waals surface area contributed by atoms with Gasteiger partial charge in [0.1, 0.15) is 4.34 Å². The van der Waals surface area contributed by atoms with Crippen LogP contribution in [0.4, 0.5) is 0 Å². The summed E-state index contributed by atoms with van der Waals surface area (Å²) in [5.74, 6) is 1.14. The number of aromatic nitrogens is 2. The number of hydrogen-bond acceptors (Lipinski definition) is 5. The first-order valence-corrected chi connectivity index (χ1v) is 9.83. The monoisotopic (exact) mass is 349 g/mol. The molecule has 4 nitrogen and oxygen atoms in total. The van der Waals surface area contributed by atoms with Gasteiger partial charge in [-0.1, -0.05) is 38.1 Å². The molecule has 0 unspecified atom stereocenters. The van der Waals surface area contributed by atoms with E-state index in [1.807, 2.05) is 28.6 Å². The second kappa shape index (κ2) is 9.67. The van der Waals surface area contributed by atoms with E-state index in [0.29, 0.717) is 13.0 Å². The minimum Gasteiger partial charge on any atom is -0.338 e. The largest absolute Gasteiger partial charge is 0.338 e. The molecule has 2 aromatic heterocycles. The molecule has 0 aliphatic heterocycles. The van der Waals surface area contributed by atoms with Gasteiger partial charge in [-0.25, -0.2) is 4.98 Å². The Kier molecular flexibility index (Phi) is 7.55. The van der Waals surface area contributed by atoms with Crippen molar-refractivity contribution in [2.45, 2.75) is 44.0 Å². The predicted octanol–water partition coefficient (Wildman–Crippen LogP) is 4.02. The molecule has 0 aromatic carbocycles. The molecule has 0 bridgehead atoms. The van der Waals surface area contributed by atoms with Gasteiger partial charge in [0.15, 0.2) is 0 Å². The molecule has 2 aromatic rings. The van der Waals surface area contributed by atoms with Crippen LogP contribution in [0.25, 0.3) is 0 Å². The average Bonchev–Trinajstić information content (AvgIpc) is 2.99. The Morgan fingerprint density at radius 2 is 2.26 bits per heavy atom. The number of carbonyl (C=O) groups excluding carboxylic acids is 1. The third-order valence-corrected chi connectivity index (χ3v) is 5.31. The first-order chi connectivity index (χ1) is 11.2. The zero-order valence-electron chi connectivity index (χ0n) is 13.7. The lowest BCUT2D eigenvalue weighted by molar-refractivity contribution is -0.131. The van der Waals surface area contributed by atoms with Gasteiger partial charge in [-0.2, -0.15) is 0 Å². The molecule has 124 valence electrons. The van der Waals surface area contributed by atoms with E-state index in [0.717, 1.165) is 40.7 Å². The third-order valence-electron chi connectivity index (χ3n) is 3.36. The van der Waals surface area contributed by atoms with Crippen LogP contribution < -0.4 is 0 Å². The summed E-state index contributed by atoms with van der Waals surface area (Å²) in [6, 6.07) is 3.92. The second-order valence-electron chi connectivity index (χ2n) is 5.24. The molecule has 1 amide bonds. The number of nitrogens with zero attached hydrogens (tertiary/aromatic N) is 3. The summed E-state index contributed by atoms with van der Waals surface area (Å²) in [6.45, 7) is 5.65. The Morgan fingerprint density at radius 1 is 1.39 bits per heavy atom. The van der Waals surface area contributed by atoms with E-state index < -0.39 is 0 Å². The number of hydrogen-bond donors (Lipinski definition) is 0. The summed E-state index contributed by atoms with van der Waals surface area (Å²) in [5, 5.41) is 2.00. The molecule has 0 atom stereocenters. The van der Waals surface area contributed by atoms with Crippen molar-refractivity contribution in [3.05, 3.63) is 41.2 Å². The lowest BCUT2D eigenvalue weighted by Gasteiger charge is -2.22. The fourth-order valence-electron chi connectivity index (χ4n) is 2.18. The molecule has 0 saturated carbocycles. The van der Waals surface area contributed by atoms with Crippen LogP contribution in [0.1, 0.15) is 37.9 Å². The van der Waals surface area contributed by atoms with Crippen molar-refractivity contribution in [3.63, 3.8) is 0 Å². The smallest absolute Gasteiger partial charge is 0.228 e. The molecule has 23 heavy (non-hydrogen) atoms. The molecule has 0 aliphatic rings. The predicted molar refractivity (Wildman–Crippen MR) is 96.8 cm³/mol. The van der Waals surface area contributed by atoms with E-state index in [2.05, 4.69) is 23.8 Å². The maximum absolute atomic E-state index is 12.7. The molecule has 0 spiro atoms. The normalized spacial score (nSPS) is 10.7. The highest BCUT2D eigenvalue weighted by atomic mass is 32.2. The molecule has 0 aliphatic carbocycles. The topological polar surface area (TPSA) is 46.1 Å². The van der Waals surface area contributed by atoms with E-state index in [-0.39, 0.29) is 5.91 Å². The van der Waals surface area contributed by atoms with Gasteiger partial charge in [0, 0.05) is 30.9 Å². The van der Waals surface area contributed by atoms with Gasteiger partial charge in [-0.15, -0.1) is 11.3 Å². The molecular weight excluding hydrogens is 326 g/mol. The molecule has 2 rings (SSSR count). The highest BCUT2D eigenvalue weighted by molar-refractivity contribution is 8.00. The Morgan fingerprint density at radius 3 is 2.96 bits per heavy atom. The van der Waals surface area contributed by atoms with Gasteiger partial charge in [0.05, 0.1) is 12.1 Å². The van der Waals surface area contributed by atoms with Crippen LogP contribution >= 0.6 is 23.1 Å². The van der Waals surface area contributed by atoms with Gasteiger partial charge in [0.25, 0.3) is 0 Å². The summed E-state index contributed by atoms with van der Waals surface area (Å²) in [5.41, 5.74) is 1.95. The molecule has 0 radical (unpaired) electrons. The van der Waals surface area contributed by atoms with Crippen LogP contribution in [0.5, 0.6) is 0 Å². The van der Waals surface area contributed by atoms with E-state index in [9.17, 15) is 4.79 Å². The summed E-state index contributed by atoms with van der Waals surface area (Å²) in [7, 11) is 0. The summed E-state index contributed by atoms with van der Waals surface area (Å²) < 4.78 is 1.04. The summed E-state index contributed by atoms with van der Waals surface area (Å²) in [4.78, 5) is 23.2. The Labute approximate surface area is 146 Å². The lowest BCUT2D eigenvalue weighted by Crippen LogP contribution is -2.32. The fourth-order valence-corrected chi connectivity index (χ4v) is 3.92. The minimum absolute atomic E-state index is 0.139. The number of unbranched alkanes of at least 4 members (excludes halogenated alkanes) is 1. The molecule has 6 heteroatoms. The highest BCUT2D eigenvalue weighted by Crippen LogP contribution is 2.22. The van der Waals surface area contributed by atoms with Crippen molar-refractivity contribution in [3.8, 4) is 0 Å². The number of thiazole rings is 1. The van der Waals surface area contributed by atoms with Crippen LogP contribution in [0, 0.1) is 0 Å². The molecule has 2 heterocycles. The second-order valence-corrected chi connectivity index (χ2v) is 7.61. The molecule has 0 fully saturated rings. The molecular formula is C17H23N3OS2. The van der Waals surface area contributed by atoms with E-state index in [4.69, 9.17) is 0 Å². The standard InChI is InChI=1S/C17H23N3OS2/c1-3-5-9-20(12-14-7-6-8-18-11-14)16(21)10-15-13-23-17(19-15)22-4-2/h6-8,11,13H,3-5,9-10,12H2,1-2H3. The zero-order valence-corrected chi connectivity index (χ0v) is 15.3. The van der Waals surface area contributed by atoms with Gasteiger partial charge in [-0.05, 0) is 23.8 Å². The van der Waals surface area contributed by atoms with Crippen molar-refractivity contribution in [1.82, 2.24) is 14.9 Å². The van der Waals surface area contributed by atoms with Crippen LogP contribution in [0.15, 0.2) is 34.2 Å². The number of pyridine rings is 1. The average molecular weight is 350 g/mol. The van der Waals surface area contributed by atoms with E-state index in [1.54, 1.807) is 29.3 Å². The van der Waals surface area contributed by atoms with Crippen LogP contribution in [-0.2, 0) is 17.8 Å². The van der Waals surface area contributed by atoms with Crippen LogP contribution in [-0.4, -0.2) is 33.1 Å². The molecule has 0 N–H and O–H groups in total. The maximum Gasteiger partial charge on any atom is 0.228 e. The van der Waals surface area contributed by atoms with Crippen LogP contribution in [0.2, 0.25) is 0 Å². The fraction of sp³-hybridized carbons (Fsp3) is 0.471. The van der Waals surface area contributed by atoms with Gasteiger partial charge in [-0.3, -0.25) is 9.78 Å². The highest BCUT2D eigenvalue weighted by Gasteiger charge is 2.16. The quantitative estimate of drug-likeness (QED) is 0.642. The number of thioether (sulfide) groups is 1. The SMILES string of the molecule is CCCCN(Cc1cccnc1)C(=O)Cc1csc(SCC)n1. The third kappa shape index (κ3) is 5.95. The number of rotatable bonds is 9. The Balaban J connectivity index is 2.00. The number of carbonyl (C=O) groups is 1. The zero-order chi connectivity index (χ0) is 16.5. The first kappa shape index (κ1) is 17.9. The molecule has 0 saturated heterocycles. The lowest BCUT2D eigenvalue weighted by atomic mass is 10.2. The van der Waals surface area contributed by atoms with Crippen molar-refractivity contribution >= 4 is 29.0 Å². The van der Waals surface area contributed by atoms with Gasteiger partial charge >= 0.3 is 0 Å². The number of amides is 1. The Hall–Kier alpha value is -1.40. The van der Waals surface area contributed by atoms with E-state index >= 15 is 0 Å². The van der Waals surface area contributed by atoms with Gasteiger partial charge < -0.3 is 4.90 Å². The summed E-state index contributed by atoms with van der Waals surface area (Å²) >= 11 is 3.34. The van der Waals surface area contributed by atoms with E-state index in [1.165, 1.54) is 0 Å². The summed E-state index contributed by atoms with van der Waals surface area (Å²) in [6.07, 6.45) is 6.05. The van der Waals surface area contributed by atoms with Crippen molar-refractivity contribution < 1.29 is 4.79 Å². The Bertz CT molecular complexity index is 601. The minimum atomic E-state index is 0.139.